The van der Waals surface area contributed by atoms with Gasteiger partial charge in [0.1, 0.15) is 6.54 Å². The van der Waals surface area contributed by atoms with Crippen LogP contribution in [0.1, 0.15) is 33.3 Å². The molecule has 1 aromatic rings. The van der Waals surface area contributed by atoms with E-state index in [0.29, 0.717) is 19.0 Å². The summed E-state index contributed by atoms with van der Waals surface area (Å²) in [5, 5.41) is 6.65. The second kappa shape index (κ2) is 11.8. The number of benzene rings is 1. The van der Waals surface area contributed by atoms with E-state index in [4.69, 9.17) is 4.74 Å². The maximum atomic E-state index is 12.7. The van der Waals surface area contributed by atoms with Crippen LogP contribution in [-0.4, -0.2) is 79.7 Å². The van der Waals surface area contributed by atoms with Crippen LogP contribution < -0.4 is 10.6 Å². The monoisotopic (exact) mass is 403 g/mol. The number of amides is 1. The van der Waals surface area contributed by atoms with Crippen LogP contribution >= 0.6 is 0 Å². The number of hydrogen-bond donors (Lipinski definition) is 2. The van der Waals surface area contributed by atoms with Crippen molar-refractivity contribution in [2.75, 3.05) is 52.5 Å². The van der Waals surface area contributed by atoms with Crippen molar-refractivity contribution in [2.24, 2.45) is 4.99 Å². The van der Waals surface area contributed by atoms with Crippen LogP contribution in [0.25, 0.3) is 0 Å². The van der Waals surface area contributed by atoms with Crippen molar-refractivity contribution in [2.45, 2.75) is 39.8 Å². The number of hydrogen-bond acceptors (Lipinski definition) is 4. The van der Waals surface area contributed by atoms with Crippen molar-refractivity contribution < 1.29 is 9.53 Å². The number of guanidine groups is 1. The van der Waals surface area contributed by atoms with Crippen LogP contribution in [0.2, 0.25) is 0 Å². The topological polar surface area (TPSA) is 69.2 Å². The van der Waals surface area contributed by atoms with Crippen molar-refractivity contribution in [1.82, 2.24) is 20.4 Å². The molecule has 1 aliphatic heterocycles. The predicted molar refractivity (Wildman–Crippen MR) is 118 cm³/mol. The number of carbonyl (C=O) groups is 1. The molecule has 1 heterocycles. The summed E-state index contributed by atoms with van der Waals surface area (Å²) in [5.74, 6) is 0.707. The van der Waals surface area contributed by atoms with Gasteiger partial charge in [-0.3, -0.25) is 9.69 Å². The van der Waals surface area contributed by atoms with E-state index in [9.17, 15) is 4.79 Å². The Bertz CT molecular complexity index is 642. The normalized spacial score (nSPS) is 15.8. The van der Waals surface area contributed by atoms with E-state index in [1.165, 1.54) is 0 Å². The highest BCUT2D eigenvalue weighted by atomic mass is 16.5. The average Bonchev–Trinajstić information content (AvgIpc) is 2.75. The van der Waals surface area contributed by atoms with Gasteiger partial charge in [0, 0.05) is 44.8 Å². The lowest BCUT2D eigenvalue weighted by atomic mass is 10.0. The molecule has 7 nitrogen and oxygen atoms in total. The summed E-state index contributed by atoms with van der Waals surface area (Å²) in [5.41, 5.74) is 1.11. The van der Waals surface area contributed by atoms with Gasteiger partial charge in [-0.2, -0.15) is 0 Å². The van der Waals surface area contributed by atoms with Crippen molar-refractivity contribution in [3.05, 3.63) is 35.9 Å². The van der Waals surface area contributed by atoms with E-state index in [1.807, 2.05) is 49.1 Å². The Kier molecular flexibility index (Phi) is 9.41. The molecule has 0 aromatic heterocycles. The fourth-order valence-electron chi connectivity index (χ4n) is 3.35. The molecular formula is C22H37N5O2. The van der Waals surface area contributed by atoms with Gasteiger partial charge in [-0.15, -0.1) is 0 Å². The lowest BCUT2D eigenvalue weighted by molar-refractivity contribution is -0.130. The van der Waals surface area contributed by atoms with Crippen LogP contribution in [0.5, 0.6) is 0 Å². The Morgan fingerprint density at radius 3 is 2.48 bits per heavy atom. The summed E-state index contributed by atoms with van der Waals surface area (Å²) in [7, 11) is 0. The van der Waals surface area contributed by atoms with Gasteiger partial charge in [0.05, 0.1) is 13.2 Å². The molecule has 162 valence electrons. The molecule has 0 saturated carbocycles. The van der Waals surface area contributed by atoms with Crippen molar-refractivity contribution >= 4 is 11.9 Å². The van der Waals surface area contributed by atoms with Gasteiger partial charge in [0.25, 0.3) is 0 Å². The van der Waals surface area contributed by atoms with Crippen molar-refractivity contribution in [1.29, 1.82) is 0 Å². The zero-order chi connectivity index (χ0) is 21.1. The summed E-state index contributed by atoms with van der Waals surface area (Å²) in [6, 6.07) is 10.1. The van der Waals surface area contributed by atoms with Gasteiger partial charge < -0.3 is 20.3 Å². The molecule has 1 fully saturated rings. The number of nitrogens with one attached hydrogen (secondary N) is 2. The maximum Gasteiger partial charge on any atom is 0.244 e. The molecule has 7 heteroatoms. The molecule has 29 heavy (non-hydrogen) atoms. The highest BCUT2D eigenvalue weighted by molar-refractivity contribution is 5.85. The summed E-state index contributed by atoms with van der Waals surface area (Å²) in [4.78, 5) is 21.5. The van der Waals surface area contributed by atoms with E-state index in [0.717, 1.165) is 45.0 Å². The molecule has 0 aliphatic carbocycles. The largest absolute Gasteiger partial charge is 0.379 e. The number of ether oxygens (including phenoxy) is 1. The number of nitrogens with zero attached hydrogens (tertiary/aromatic N) is 3. The Labute approximate surface area is 175 Å². The van der Waals surface area contributed by atoms with Crippen molar-refractivity contribution in [3.63, 3.8) is 0 Å². The van der Waals surface area contributed by atoms with Crippen LogP contribution in [0.4, 0.5) is 0 Å². The maximum absolute atomic E-state index is 12.7. The third-order valence-electron chi connectivity index (χ3n) is 5.22. The zero-order valence-corrected chi connectivity index (χ0v) is 18.4. The van der Waals surface area contributed by atoms with Crippen molar-refractivity contribution in [3.8, 4) is 0 Å². The SMILES string of the molecule is CCNC(=NCC(=O)N(CC)Cc1ccccc1)NCC(C)(C)N1CCOCC1. The van der Waals surface area contributed by atoms with Gasteiger partial charge in [-0.05, 0) is 33.3 Å². The standard InChI is InChI=1S/C22H37N5O2/c1-5-23-21(25-18-22(3,4)27-12-14-29-15-13-27)24-16-20(28)26(6-2)17-19-10-8-7-9-11-19/h7-11H,5-6,12-18H2,1-4H3,(H2,23,24,25). The molecule has 0 unspecified atom stereocenters. The first-order chi connectivity index (χ1) is 14.0. The van der Waals surface area contributed by atoms with Gasteiger partial charge >= 0.3 is 0 Å². The minimum Gasteiger partial charge on any atom is -0.379 e. The third-order valence-corrected chi connectivity index (χ3v) is 5.22. The molecule has 1 aromatic carbocycles. The number of likely N-dealkylation sites (N-methyl/N-ethyl adjacent to an activating group) is 1. The lowest BCUT2D eigenvalue weighted by Crippen LogP contribution is -2.56. The van der Waals surface area contributed by atoms with E-state index in [2.05, 4.69) is 34.4 Å². The first kappa shape index (κ1) is 23.2. The lowest BCUT2D eigenvalue weighted by Gasteiger charge is -2.41. The molecule has 1 saturated heterocycles. The molecule has 0 spiro atoms. The zero-order valence-electron chi connectivity index (χ0n) is 18.4. The fraction of sp³-hybridized carbons (Fsp3) is 0.636. The van der Waals surface area contributed by atoms with Crippen LogP contribution in [0.15, 0.2) is 35.3 Å². The van der Waals surface area contributed by atoms with Crippen LogP contribution in [-0.2, 0) is 16.1 Å². The smallest absolute Gasteiger partial charge is 0.244 e. The number of rotatable bonds is 9. The van der Waals surface area contributed by atoms with Gasteiger partial charge in [0.15, 0.2) is 5.96 Å². The summed E-state index contributed by atoms with van der Waals surface area (Å²) < 4.78 is 5.46. The summed E-state index contributed by atoms with van der Waals surface area (Å²) in [6.45, 7) is 14.8. The summed E-state index contributed by atoms with van der Waals surface area (Å²) in [6.07, 6.45) is 0. The Balaban J connectivity index is 1.91. The van der Waals surface area contributed by atoms with Crippen LogP contribution in [0, 0.1) is 0 Å². The molecule has 1 aliphatic rings. The molecule has 2 rings (SSSR count). The van der Waals surface area contributed by atoms with Crippen LogP contribution in [0.3, 0.4) is 0 Å². The van der Waals surface area contributed by atoms with E-state index in [1.54, 1.807) is 0 Å². The second-order valence-electron chi connectivity index (χ2n) is 7.85. The molecule has 1 amide bonds. The number of carbonyl (C=O) groups excluding carboxylic acids is 1. The molecular weight excluding hydrogens is 366 g/mol. The highest BCUT2D eigenvalue weighted by Crippen LogP contribution is 2.15. The first-order valence-corrected chi connectivity index (χ1v) is 10.6. The molecule has 0 bridgehead atoms. The molecule has 0 radical (unpaired) electrons. The minimum absolute atomic E-state index is 0.0211. The number of morpholine rings is 1. The molecule has 0 atom stereocenters. The predicted octanol–water partition coefficient (Wildman–Crippen LogP) is 1.70. The quantitative estimate of drug-likeness (QED) is 0.485. The van der Waals surface area contributed by atoms with E-state index < -0.39 is 0 Å². The van der Waals surface area contributed by atoms with Gasteiger partial charge in [0.2, 0.25) is 5.91 Å². The second-order valence-corrected chi connectivity index (χ2v) is 7.85. The Morgan fingerprint density at radius 2 is 1.86 bits per heavy atom. The minimum atomic E-state index is -0.0211. The third kappa shape index (κ3) is 7.66. The molecule has 2 N–H and O–H groups in total. The van der Waals surface area contributed by atoms with Gasteiger partial charge in [-0.25, -0.2) is 4.99 Å². The Morgan fingerprint density at radius 1 is 1.17 bits per heavy atom. The van der Waals surface area contributed by atoms with E-state index >= 15 is 0 Å². The average molecular weight is 404 g/mol. The fourth-order valence-corrected chi connectivity index (χ4v) is 3.35. The summed E-state index contributed by atoms with van der Waals surface area (Å²) >= 11 is 0. The highest BCUT2D eigenvalue weighted by Gasteiger charge is 2.28. The van der Waals surface area contributed by atoms with E-state index in [-0.39, 0.29) is 18.0 Å². The first-order valence-electron chi connectivity index (χ1n) is 10.6. The Hall–Kier alpha value is -2.12. The number of aliphatic imine (C=N–C) groups is 1. The van der Waals surface area contributed by atoms with Gasteiger partial charge in [-0.1, -0.05) is 30.3 Å².